The van der Waals surface area contributed by atoms with Crippen LogP contribution in [0.5, 0.6) is 0 Å². The lowest BCUT2D eigenvalue weighted by Gasteiger charge is -2.61. The summed E-state index contributed by atoms with van der Waals surface area (Å²) in [4.78, 5) is 4.36. The van der Waals surface area contributed by atoms with Gasteiger partial charge in [0.05, 0.1) is 19.3 Å². The van der Waals surface area contributed by atoms with Gasteiger partial charge in [-0.25, -0.2) is 0 Å². The van der Waals surface area contributed by atoms with Gasteiger partial charge >= 0.3 is 0 Å². The lowest BCUT2D eigenvalue weighted by Crippen LogP contribution is -2.68. The van der Waals surface area contributed by atoms with E-state index < -0.39 is 0 Å². The Morgan fingerprint density at radius 2 is 2.08 bits per heavy atom. The van der Waals surface area contributed by atoms with Gasteiger partial charge in [0.15, 0.2) is 5.96 Å². The molecule has 2 atom stereocenters. The number of aliphatic imine (C=N–C) groups is 1. The average Bonchev–Trinajstić information content (AvgIpc) is 2.58. The molecule has 1 aromatic carbocycles. The van der Waals surface area contributed by atoms with Crippen LogP contribution in [-0.4, -0.2) is 44.9 Å². The van der Waals surface area contributed by atoms with Crippen LogP contribution >= 0.6 is 0 Å². The molecular weight excluding hydrogens is 314 g/mol. The van der Waals surface area contributed by atoms with E-state index in [0.29, 0.717) is 30.8 Å². The Balaban J connectivity index is 1.36. The van der Waals surface area contributed by atoms with Gasteiger partial charge in [-0.15, -0.1) is 0 Å². The predicted molar refractivity (Wildman–Crippen MR) is 101 cm³/mol. The quantitative estimate of drug-likeness (QED) is 0.432. The summed E-state index contributed by atoms with van der Waals surface area (Å²) in [7, 11) is 1.83. The Hall–Kier alpha value is -1.59. The minimum absolute atomic E-state index is 0.345. The second-order valence-electron chi connectivity index (χ2n) is 7.00. The summed E-state index contributed by atoms with van der Waals surface area (Å²) >= 11 is 0. The SMILES string of the molecule is CCOC1CC(NC(=NC)NCCOCc2ccccc2)C12CCC2. The lowest BCUT2D eigenvalue weighted by molar-refractivity contribution is -0.168. The smallest absolute Gasteiger partial charge is 0.191 e. The van der Waals surface area contributed by atoms with Crippen molar-refractivity contribution >= 4 is 5.96 Å². The van der Waals surface area contributed by atoms with Gasteiger partial charge in [-0.3, -0.25) is 4.99 Å². The van der Waals surface area contributed by atoms with Crippen molar-refractivity contribution in [2.45, 2.75) is 51.4 Å². The molecule has 2 aliphatic carbocycles. The zero-order valence-electron chi connectivity index (χ0n) is 15.5. The summed E-state index contributed by atoms with van der Waals surface area (Å²) in [6.07, 6.45) is 5.37. The second-order valence-corrected chi connectivity index (χ2v) is 7.00. The van der Waals surface area contributed by atoms with Crippen molar-refractivity contribution in [1.29, 1.82) is 0 Å². The third-order valence-electron chi connectivity index (χ3n) is 5.62. The standard InChI is InChI=1S/C20H31N3O2/c1-3-25-18-14-17(20(18)10-7-11-20)23-19(21-2)22-12-13-24-15-16-8-5-4-6-9-16/h4-6,8-9,17-18H,3,7,10-15H2,1-2H3,(H2,21,22,23). The van der Waals surface area contributed by atoms with Crippen LogP contribution in [0, 0.1) is 5.41 Å². The molecule has 1 spiro atoms. The monoisotopic (exact) mass is 345 g/mol. The van der Waals surface area contributed by atoms with Crippen LogP contribution < -0.4 is 10.6 Å². The molecule has 3 rings (SSSR count). The molecule has 2 saturated carbocycles. The van der Waals surface area contributed by atoms with Gasteiger partial charge in [0.1, 0.15) is 0 Å². The summed E-state index contributed by atoms with van der Waals surface area (Å²) < 4.78 is 11.6. The van der Waals surface area contributed by atoms with Crippen LogP contribution in [-0.2, 0) is 16.1 Å². The molecule has 0 aliphatic heterocycles. The van der Waals surface area contributed by atoms with Gasteiger partial charge in [0.2, 0.25) is 0 Å². The van der Waals surface area contributed by atoms with Crippen LogP contribution in [0.3, 0.4) is 0 Å². The molecular formula is C20H31N3O2. The van der Waals surface area contributed by atoms with Gasteiger partial charge in [0, 0.05) is 31.7 Å². The molecule has 5 heteroatoms. The Kier molecular flexibility index (Phi) is 6.32. The Labute approximate surface area is 151 Å². The van der Waals surface area contributed by atoms with Crippen molar-refractivity contribution in [2.75, 3.05) is 26.8 Å². The van der Waals surface area contributed by atoms with Gasteiger partial charge in [-0.2, -0.15) is 0 Å². The molecule has 1 aromatic rings. The molecule has 0 heterocycles. The number of hydrogen-bond acceptors (Lipinski definition) is 3. The van der Waals surface area contributed by atoms with Gasteiger partial charge in [-0.05, 0) is 31.7 Å². The van der Waals surface area contributed by atoms with Crippen molar-refractivity contribution in [3.63, 3.8) is 0 Å². The van der Waals surface area contributed by atoms with Crippen LogP contribution in [0.4, 0.5) is 0 Å². The van der Waals surface area contributed by atoms with Crippen molar-refractivity contribution in [2.24, 2.45) is 10.4 Å². The number of ether oxygens (including phenoxy) is 2. The van der Waals surface area contributed by atoms with Gasteiger partial charge in [-0.1, -0.05) is 36.8 Å². The van der Waals surface area contributed by atoms with E-state index in [0.717, 1.165) is 25.5 Å². The molecule has 0 aromatic heterocycles. The first kappa shape index (κ1) is 18.2. The molecule has 0 amide bonds. The third kappa shape index (κ3) is 4.15. The minimum Gasteiger partial charge on any atom is -0.378 e. The van der Waals surface area contributed by atoms with E-state index in [9.17, 15) is 0 Å². The summed E-state index contributed by atoms with van der Waals surface area (Å²) in [5.74, 6) is 0.870. The van der Waals surface area contributed by atoms with Crippen LogP contribution in [0.25, 0.3) is 0 Å². The van der Waals surface area contributed by atoms with Crippen molar-refractivity contribution in [3.05, 3.63) is 35.9 Å². The number of hydrogen-bond donors (Lipinski definition) is 2. The number of benzene rings is 1. The topological polar surface area (TPSA) is 54.9 Å². The normalized spacial score (nSPS) is 24.5. The Morgan fingerprint density at radius 1 is 1.28 bits per heavy atom. The fourth-order valence-electron chi connectivity index (χ4n) is 4.01. The van der Waals surface area contributed by atoms with E-state index in [1.54, 1.807) is 0 Å². The van der Waals surface area contributed by atoms with E-state index in [-0.39, 0.29) is 0 Å². The largest absolute Gasteiger partial charge is 0.378 e. The maximum absolute atomic E-state index is 5.92. The molecule has 0 saturated heterocycles. The molecule has 2 N–H and O–H groups in total. The number of guanidine groups is 1. The predicted octanol–water partition coefficient (Wildman–Crippen LogP) is 2.72. The molecule has 2 fully saturated rings. The highest BCUT2D eigenvalue weighted by Crippen LogP contribution is 2.57. The molecule has 0 radical (unpaired) electrons. The maximum Gasteiger partial charge on any atom is 0.191 e. The van der Waals surface area contributed by atoms with Crippen molar-refractivity contribution in [1.82, 2.24) is 10.6 Å². The molecule has 138 valence electrons. The van der Waals surface area contributed by atoms with Crippen LogP contribution in [0.15, 0.2) is 35.3 Å². The fraction of sp³-hybridized carbons (Fsp3) is 0.650. The highest BCUT2D eigenvalue weighted by Gasteiger charge is 2.59. The van der Waals surface area contributed by atoms with Crippen LogP contribution in [0.2, 0.25) is 0 Å². The third-order valence-corrected chi connectivity index (χ3v) is 5.62. The Morgan fingerprint density at radius 3 is 2.72 bits per heavy atom. The minimum atomic E-state index is 0.345. The van der Waals surface area contributed by atoms with E-state index >= 15 is 0 Å². The van der Waals surface area contributed by atoms with E-state index in [1.807, 2.05) is 25.2 Å². The molecule has 2 aliphatic rings. The molecule has 2 unspecified atom stereocenters. The zero-order chi connectivity index (χ0) is 17.5. The van der Waals surface area contributed by atoms with Crippen LogP contribution in [0.1, 0.15) is 38.2 Å². The van der Waals surface area contributed by atoms with Gasteiger partial charge in [0.25, 0.3) is 0 Å². The first-order valence-corrected chi connectivity index (χ1v) is 9.49. The highest BCUT2D eigenvalue weighted by atomic mass is 16.5. The molecule has 5 nitrogen and oxygen atoms in total. The van der Waals surface area contributed by atoms with Crippen molar-refractivity contribution in [3.8, 4) is 0 Å². The second kappa shape index (κ2) is 8.68. The zero-order valence-corrected chi connectivity index (χ0v) is 15.5. The van der Waals surface area contributed by atoms with Gasteiger partial charge < -0.3 is 20.1 Å². The van der Waals surface area contributed by atoms with E-state index in [4.69, 9.17) is 9.47 Å². The number of rotatable bonds is 8. The fourth-order valence-corrected chi connectivity index (χ4v) is 4.01. The van der Waals surface area contributed by atoms with E-state index in [2.05, 4.69) is 34.7 Å². The summed E-state index contributed by atoms with van der Waals surface area (Å²) in [6, 6.07) is 10.7. The van der Waals surface area contributed by atoms with E-state index in [1.165, 1.54) is 24.8 Å². The maximum atomic E-state index is 5.92. The summed E-state index contributed by atoms with van der Waals surface area (Å²) in [5.41, 5.74) is 1.55. The Bertz CT molecular complexity index is 557. The number of nitrogens with zero attached hydrogens (tertiary/aromatic N) is 1. The first-order valence-electron chi connectivity index (χ1n) is 9.49. The summed E-state index contributed by atoms with van der Waals surface area (Å²) in [5, 5.41) is 6.96. The average molecular weight is 345 g/mol. The lowest BCUT2D eigenvalue weighted by atomic mass is 9.51. The first-order chi connectivity index (χ1) is 12.3. The van der Waals surface area contributed by atoms with Crippen molar-refractivity contribution < 1.29 is 9.47 Å². The highest BCUT2D eigenvalue weighted by molar-refractivity contribution is 5.80. The number of nitrogens with one attached hydrogen (secondary N) is 2. The molecule has 25 heavy (non-hydrogen) atoms. The summed E-state index contributed by atoms with van der Waals surface area (Å²) in [6.45, 7) is 4.96. The molecule has 0 bridgehead atoms.